The van der Waals surface area contributed by atoms with Crippen molar-refractivity contribution in [2.24, 2.45) is 0 Å². The number of nitrogens with zero attached hydrogens (tertiary/aromatic N) is 1. The minimum atomic E-state index is -1.13. The summed E-state index contributed by atoms with van der Waals surface area (Å²) in [6.07, 6.45) is 0. The maximum Gasteiger partial charge on any atom is 0.325 e. The van der Waals surface area contributed by atoms with E-state index in [2.05, 4.69) is 5.32 Å². The number of hydrogen-bond acceptors (Lipinski definition) is 4. The van der Waals surface area contributed by atoms with Crippen molar-refractivity contribution in [3.63, 3.8) is 0 Å². The molecule has 0 saturated carbocycles. The highest BCUT2D eigenvalue weighted by atomic mass is 32.1. The summed E-state index contributed by atoms with van der Waals surface area (Å²) in [6.45, 7) is 1.41. The monoisotopic (exact) mass is 314 g/mol. The Morgan fingerprint density at radius 3 is 2.55 bits per heavy atom. The average Bonchev–Trinajstić information content (AvgIpc) is 3.12. The number of hydrogen-bond donors (Lipinski definition) is 1. The molecule has 2 aromatic rings. The van der Waals surface area contributed by atoms with Crippen molar-refractivity contribution in [3.05, 3.63) is 58.3 Å². The number of urea groups is 1. The number of benzene rings is 1. The minimum absolute atomic E-state index is 0.240. The lowest BCUT2D eigenvalue weighted by molar-refractivity contribution is -0.130. The van der Waals surface area contributed by atoms with Crippen molar-refractivity contribution >= 4 is 29.1 Å². The van der Waals surface area contributed by atoms with Gasteiger partial charge in [0.15, 0.2) is 5.78 Å². The Kier molecular flexibility index (Phi) is 3.54. The molecule has 1 aliphatic heterocycles. The molecule has 1 fully saturated rings. The molecule has 6 heteroatoms. The van der Waals surface area contributed by atoms with E-state index in [4.69, 9.17) is 0 Å². The third-order valence-corrected chi connectivity index (χ3v) is 4.63. The van der Waals surface area contributed by atoms with Crippen LogP contribution in [0.1, 0.15) is 22.2 Å². The number of carbonyl (C=O) groups excluding carboxylic acids is 3. The van der Waals surface area contributed by atoms with E-state index in [-0.39, 0.29) is 12.3 Å². The van der Waals surface area contributed by atoms with E-state index in [9.17, 15) is 14.4 Å². The quantitative estimate of drug-likeness (QED) is 0.696. The van der Waals surface area contributed by atoms with Crippen molar-refractivity contribution in [1.29, 1.82) is 0 Å². The maximum absolute atomic E-state index is 12.6. The van der Waals surface area contributed by atoms with Crippen LogP contribution >= 0.6 is 11.3 Å². The molecular weight excluding hydrogens is 300 g/mol. The van der Waals surface area contributed by atoms with Crippen LogP contribution in [0, 0.1) is 0 Å². The second-order valence-electron chi connectivity index (χ2n) is 5.21. The predicted molar refractivity (Wildman–Crippen MR) is 82.7 cm³/mol. The van der Waals surface area contributed by atoms with E-state index in [1.165, 1.54) is 11.3 Å². The van der Waals surface area contributed by atoms with Crippen LogP contribution in [0.3, 0.4) is 0 Å². The highest BCUT2D eigenvalue weighted by Gasteiger charge is 2.49. The molecule has 0 bridgehead atoms. The van der Waals surface area contributed by atoms with Crippen molar-refractivity contribution in [2.45, 2.75) is 12.5 Å². The van der Waals surface area contributed by atoms with E-state index < -0.39 is 17.5 Å². The molecule has 3 rings (SSSR count). The highest BCUT2D eigenvalue weighted by molar-refractivity contribution is 7.12. The van der Waals surface area contributed by atoms with Crippen LogP contribution in [-0.2, 0) is 10.3 Å². The van der Waals surface area contributed by atoms with E-state index in [0.717, 1.165) is 4.90 Å². The van der Waals surface area contributed by atoms with Gasteiger partial charge in [-0.15, -0.1) is 11.3 Å². The average molecular weight is 314 g/mol. The number of nitrogens with one attached hydrogen (secondary N) is 1. The molecule has 5 nitrogen and oxygen atoms in total. The van der Waals surface area contributed by atoms with Crippen LogP contribution in [-0.4, -0.2) is 29.2 Å². The molecule has 0 unspecified atom stereocenters. The summed E-state index contributed by atoms with van der Waals surface area (Å²) < 4.78 is 0. The number of Topliss-reactive ketones (excluding diaryl/α,β-unsaturated/α-hetero) is 1. The van der Waals surface area contributed by atoms with Crippen LogP contribution in [0.2, 0.25) is 0 Å². The molecule has 2 heterocycles. The van der Waals surface area contributed by atoms with Crippen LogP contribution < -0.4 is 5.32 Å². The largest absolute Gasteiger partial charge is 0.325 e. The van der Waals surface area contributed by atoms with Gasteiger partial charge in [0.25, 0.3) is 5.91 Å². The first-order valence-corrected chi connectivity index (χ1v) is 7.66. The van der Waals surface area contributed by atoms with E-state index in [0.29, 0.717) is 10.4 Å². The fourth-order valence-corrected chi connectivity index (χ4v) is 3.12. The molecule has 1 N–H and O–H groups in total. The third kappa shape index (κ3) is 2.31. The Balaban J connectivity index is 1.84. The first-order valence-electron chi connectivity index (χ1n) is 6.79. The predicted octanol–water partition coefficient (Wildman–Crippen LogP) is 2.40. The molecule has 0 spiro atoms. The summed E-state index contributed by atoms with van der Waals surface area (Å²) in [6, 6.07) is 11.9. The molecule has 1 aromatic heterocycles. The molecule has 0 radical (unpaired) electrons. The van der Waals surface area contributed by atoms with Crippen molar-refractivity contribution in [2.75, 3.05) is 6.54 Å². The first kappa shape index (κ1) is 14.5. The van der Waals surface area contributed by atoms with Gasteiger partial charge in [-0.25, -0.2) is 4.79 Å². The van der Waals surface area contributed by atoms with Gasteiger partial charge in [0, 0.05) is 0 Å². The Hall–Kier alpha value is -2.47. The number of carbonyl (C=O) groups is 3. The first-order chi connectivity index (χ1) is 10.5. The summed E-state index contributed by atoms with van der Waals surface area (Å²) >= 11 is 1.29. The SMILES string of the molecule is C[C@]1(c2ccccc2)NC(=O)N(CC(=O)c2cccs2)C1=O. The van der Waals surface area contributed by atoms with Gasteiger partial charge in [-0.05, 0) is 23.9 Å². The van der Waals surface area contributed by atoms with Gasteiger partial charge in [0.05, 0.1) is 11.4 Å². The summed E-state index contributed by atoms with van der Waals surface area (Å²) in [5, 5.41) is 4.47. The molecule has 112 valence electrons. The van der Waals surface area contributed by atoms with Crippen molar-refractivity contribution in [1.82, 2.24) is 10.2 Å². The Morgan fingerprint density at radius 1 is 1.18 bits per heavy atom. The number of amides is 3. The normalized spacial score (nSPS) is 21.0. The smallest absolute Gasteiger partial charge is 0.319 e. The highest BCUT2D eigenvalue weighted by Crippen LogP contribution is 2.28. The van der Waals surface area contributed by atoms with Gasteiger partial charge in [0.1, 0.15) is 5.54 Å². The second-order valence-corrected chi connectivity index (χ2v) is 6.16. The van der Waals surface area contributed by atoms with E-state index in [1.807, 2.05) is 6.07 Å². The number of ketones is 1. The fraction of sp³-hybridized carbons (Fsp3) is 0.188. The van der Waals surface area contributed by atoms with Gasteiger partial charge in [-0.3, -0.25) is 14.5 Å². The van der Waals surface area contributed by atoms with Gasteiger partial charge >= 0.3 is 6.03 Å². The molecule has 0 aliphatic carbocycles. The lowest BCUT2D eigenvalue weighted by Gasteiger charge is -2.21. The lowest BCUT2D eigenvalue weighted by Crippen LogP contribution is -2.41. The van der Waals surface area contributed by atoms with Gasteiger partial charge < -0.3 is 5.32 Å². The zero-order chi connectivity index (χ0) is 15.7. The number of rotatable bonds is 4. The van der Waals surface area contributed by atoms with Crippen LogP contribution in [0.25, 0.3) is 0 Å². The van der Waals surface area contributed by atoms with E-state index in [1.54, 1.807) is 48.7 Å². The molecule has 1 atom stereocenters. The summed E-state index contributed by atoms with van der Waals surface area (Å²) in [5.41, 5.74) is -0.437. The van der Waals surface area contributed by atoms with Crippen molar-refractivity contribution < 1.29 is 14.4 Å². The topological polar surface area (TPSA) is 66.5 Å². The zero-order valence-electron chi connectivity index (χ0n) is 11.9. The summed E-state index contributed by atoms with van der Waals surface area (Å²) in [7, 11) is 0. The molecule has 1 aromatic carbocycles. The molecule has 22 heavy (non-hydrogen) atoms. The molecule has 1 aliphatic rings. The van der Waals surface area contributed by atoms with Gasteiger partial charge in [-0.2, -0.15) is 0 Å². The van der Waals surface area contributed by atoms with Gasteiger partial charge in [0.2, 0.25) is 0 Å². The summed E-state index contributed by atoms with van der Waals surface area (Å²) in [4.78, 5) is 38.4. The van der Waals surface area contributed by atoms with Crippen LogP contribution in [0.15, 0.2) is 47.8 Å². The number of thiophene rings is 1. The zero-order valence-corrected chi connectivity index (χ0v) is 12.7. The van der Waals surface area contributed by atoms with Crippen LogP contribution in [0.5, 0.6) is 0 Å². The van der Waals surface area contributed by atoms with Crippen LogP contribution in [0.4, 0.5) is 4.79 Å². The molecule has 3 amide bonds. The number of imide groups is 1. The van der Waals surface area contributed by atoms with Gasteiger partial charge in [-0.1, -0.05) is 36.4 Å². The maximum atomic E-state index is 12.6. The Morgan fingerprint density at radius 2 is 1.91 bits per heavy atom. The minimum Gasteiger partial charge on any atom is -0.319 e. The third-order valence-electron chi connectivity index (χ3n) is 3.72. The standard InChI is InChI=1S/C16H14N2O3S/c1-16(11-6-3-2-4-7-11)14(20)18(15(21)17-16)10-12(19)13-8-5-9-22-13/h2-9H,10H2,1H3,(H,17,21)/t16-/m1/s1. The Bertz CT molecular complexity index is 727. The fourth-order valence-electron chi connectivity index (χ4n) is 2.47. The summed E-state index contributed by atoms with van der Waals surface area (Å²) in [5.74, 6) is -0.649. The Labute approximate surface area is 131 Å². The lowest BCUT2D eigenvalue weighted by atomic mass is 9.92. The van der Waals surface area contributed by atoms with E-state index >= 15 is 0 Å². The molecular formula is C16H14N2O3S. The van der Waals surface area contributed by atoms with Crippen molar-refractivity contribution in [3.8, 4) is 0 Å². The second kappa shape index (κ2) is 5.38. The molecule has 1 saturated heterocycles.